The minimum absolute atomic E-state index is 0.0169. The molecule has 5 nitrogen and oxygen atoms in total. The minimum atomic E-state index is -1.11. The summed E-state index contributed by atoms with van der Waals surface area (Å²) in [5, 5.41) is 17.9. The fourth-order valence-corrected chi connectivity index (χ4v) is 1.55. The average Bonchev–Trinajstić information content (AvgIpc) is 2.39. The molecule has 0 saturated carbocycles. The fourth-order valence-electron chi connectivity index (χ4n) is 1.55. The quantitative estimate of drug-likeness (QED) is 0.880. The maximum absolute atomic E-state index is 11.0. The summed E-state index contributed by atoms with van der Waals surface area (Å²) in [4.78, 5) is 21.8. The van der Waals surface area contributed by atoms with Crippen LogP contribution in [-0.4, -0.2) is 22.2 Å². The molecular weight excluding hydrogens is 248 g/mol. The zero-order valence-electron chi connectivity index (χ0n) is 9.74. The minimum Gasteiger partial charge on any atom is -0.478 e. The van der Waals surface area contributed by atoms with Crippen molar-refractivity contribution in [2.45, 2.75) is 0 Å². The Morgan fingerprint density at radius 2 is 1.63 bits per heavy atom. The Balaban J connectivity index is 2.34. The highest BCUT2D eigenvalue weighted by molar-refractivity contribution is 5.91. The molecule has 96 valence electrons. The summed E-state index contributed by atoms with van der Waals surface area (Å²) in [5.74, 6) is -1.74. The van der Waals surface area contributed by atoms with Crippen LogP contribution in [0.5, 0.6) is 11.5 Å². The Kier molecular flexibility index (Phi) is 3.47. The van der Waals surface area contributed by atoms with Gasteiger partial charge in [0, 0.05) is 0 Å². The number of para-hydroxylation sites is 1. The zero-order chi connectivity index (χ0) is 13.8. The highest BCUT2D eigenvalue weighted by Crippen LogP contribution is 2.25. The van der Waals surface area contributed by atoms with Crippen LogP contribution < -0.4 is 4.74 Å². The van der Waals surface area contributed by atoms with Gasteiger partial charge in [-0.25, -0.2) is 9.59 Å². The lowest BCUT2D eigenvalue weighted by atomic mass is 10.2. The van der Waals surface area contributed by atoms with Gasteiger partial charge in [0.2, 0.25) is 0 Å². The molecule has 0 fully saturated rings. The molecule has 19 heavy (non-hydrogen) atoms. The van der Waals surface area contributed by atoms with E-state index in [1.807, 2.05) is 0 Å². The summed E-state index contributed by atoms with van der Waals surface area (Å²) >= 11 is 0. The molecule has 0 atom stereocenters. The predicted molar refractivity (Wildman–Crippen MR) is 66.9 cm³/mol. The second kappa shape index (κ2) is 5.22. The van der Waals surface area contributed by atoms with Crippen molar-refractivity contribution in [2.75, 3.05) is 0 Å². The molecule has 2 rings (SSSR count). The van der Waals surface area contributed by atoms with Gasteiger partial charge in [0.15, 0.2) is 0 Å². The summed E-state index contributed by atoms with van der Waals surface area (Å²) in [5.41, 5.74) is 0.0912. The van der Waals surface area contributed by atoms with E-state index in [1.54, 1.807) is 18.2 Å². The first-order valence-corrected chi connectivity index (χ1v) is 5.41. The fraction of sp³-hybridized carbons (Fsp3) is 0. The third-order valence-corrected chi connectivity index (χ3v) is 2.43. The number of aromatic carboxylic acids is 2. The molecule has 0 saturated heterocycles. The van der Waals surface area contributed by atoms with Crippen LogP contribution in [0.15, 0.2) is 48.5 Å². The highest BCUT2D eigenvalue weighted by Gasteiger charge is 2.11. The van der Waals surface area contributed by atoms with Gasteiger partial charge < -0.3 is 14.9 Å². The van der Waals surface area contributed by atoms with Gasteiger partial charge in [-0.1, -0.05) is 18.2 Å². The zero-order valence-corrected chi connectivity index (χ0v) is 9.74. The number of carboxylic acids is 2. The lowest BCUT2D eigenvalue weighted by Gasteiger charge is -2.08. The van der Waals surface area contributed by atoms with Crippen molar-refractivity contribution in [3.8, 4) is 11.5 Å². The summed E-state index contributed by atoms with van der Waals surface area (Å²) in [6.45, 7) is 0. The molecule has 0 aromatic heterocycles. The lowest BCUT2D eigenvalue weighted by molar-refractivity contribution is 0.0683. The third-order valence-electron chi connectivity index (χ3n) is 2.43. The van der Waals surface area contributed by atoms with Crippen LogP contribution in [0.1, 0.15) is 20.7 Å². The van der Waals surface area contributed by atoms with Crippen LogP contribution >= 0.6 is 0 Å². The molecule has 2 aromatic carbocycles. The van der Waals surface area contributed by atoms with Crippen molar-refractivity contribution in [3.63, 3.8) is 0 Å². The Morgan fingerprint density at radius 1 is 0.895 bits per heavy atom. The molecule has 0 amide bonds. The van der Waals surface area contributed by atoms with Crippen molar-refractivity contribution >= 4 is 11.9 Å². The van der Waals surface area contributed by atoms with Crippen molar-refractivity contribution in [1.29, 1.82) is 0 Å². The van der Waals surface area contributed by atoms with E-state index in [1.165, 1.54) is 30.3 Å². The first-order chi connectivity index (χ1) is 9.08. The van der Waals surface area contributed by atoms with Crippen LogP contribution in [0, 0.1) is 0 Å². The van der Waals surface area contributed by atoms with Crippen LogP contribution in [0.25, 0.3) is 0 Å². The molecule has 2 N–H and O–H groups in total. The largest absolute Gasteiger partial charge is 0.478 e. The monoisotopic (exact) mass is 258 g/mol. The number of ether oxygens (including phenoxy) is 1. The van der Waals surface area contributed by atoms with Gasteiger partial charge in [-0.3, -0.25) is 0 Å². The number of hydrogen-bond donors (Lipinski definition) is 2. The van der Waals surface area contributed by atoms with Gasteiger partial charge >= 0.3 is 11.9 Å². The standard InChI is InChI=1S/C14H10O5/c15-13(16)9-4-3-5-10(8-9)19-12-7-2-1-6-11(12)14(17)18/h1-8H,(H,15,16)(H,17,18). The lowest BCUT2D eigenvalue weighted by Crippen LogP contribution is -2.00. The number of carbonyl (C=O) groups is 2. The first kappa shape index (κ1) is 12.6. The van der Waals surface area contributed by atoms with Gasteiger partial charge in [-0.05, 0) is 30.3 Å². The van der Waals surface area contributed by atoms with E-state index < -0.39 is 11.9 Å². The number of rotatable bonds is 4. The van der Waals surface area contributed by atoms with E-state index in [0.29, 0.717) is 0 Å². The predicted octanol–water partition coefficient (Wildman–Crippen LogP) is 2.88. The average molecular weight is 258 g/mol. The Hall–Kier alpha value is -2.82. The van der Waals surface area contributed by atoms with Crippen LogP contribution in [-0.2, 0) is 0 Å². The van der Waals surface area contributed by atoms with Crippen molar-refractivity contribution in [1.82, 2.24) is 0 Å². The van der Waals surface area contributed by atoms with Gasteiger partial charge in [-0.2, -0.15) is 0 Å². The Labute approximate surface area is 108 Å². The van der Waals surface area contributed by atoms with E-state index in [4.69, 9.17) is 14.9 Å². The molecule has 0 aliphatic rings. The summed E-state index contributed by atoms with van der Waals surface area (Å²) in [7, 11) is 0. The van der Waals surface area contributed by atoms with Crippen molar-refractivity contribution in [3.05, 3.63) is 59.7 Å². The van der Waals surface area contributed by atoms with Gasteiger partial charge in [0.25, 0.3) is 0 Å². The number of carboxylic acid groups (broad SMARTS) is 2. The normalized spacial score (nSPS) is 9.89. The molecular formula is C14H10O5. The molecule has 2 aromatic rings. The Morgan fingerprint density at radius 3 is 2.32 bits per heavy atom. The molecule has 0 heterocycles. The molecule has 0 spiro atoms. The molecule has 5 heteroatoms. The van der Waals surface area contributed by atoms with E-state index in [0.717, 1.165) is 0 Å². The highest BCUT2D eigenvalue weighted by atomic mass is 16.5. The molecule has 0 unspecified atom stereocenters. The van der Waals surface area contributed by atoms with Crippen LogP contribution in [0.3, 0.4) is 0 Å². The van der Waals surface area contributed by atoms with Crippen molar-refractivity contribution in [2.24, 2.45) is 0 Å². The molecule has 0 aliphatic carbocycles. The summed E-state index contributed by atoms with van der Waals surface area (Å²) in [6, 6.07) is 12.0. The van der Waals surface area contributed by atoms with Gasteiger partial charge in [0.05, 0.1) is 5.56 Å². The number of benzene rings is 2. The second-order valence-electron chi connectivity index (χ2n) is 3.74. The Bertz CT molecular complexity index is 633. The van der Waals surface area contributed by atoms with Crippen LogP contribution in [0.2, 0.25) is 0 Å². The van der Waals surface area contributed by atoms with Crippen LogP contribution in [0.4, 0.5) is 0 Å². The van der Waals surface area contributed by atoms with Gasteiger partial charge in [-0.15, -0.1) is 0 Å². The van der Waals surface area contributed by atoms with E-state index in [9.17, 15) is 9.59 Å². The summed E-state index contributed by atoms with van der Waals surface area (Å²) in [6.07, 6.45) is 0. The maximum Gasteiger partial charge on any atom is 0.339 e. The first-order valence-electron chi connectivity index (χ1n) is 5.41. The third kappa shape index (κ3) is 2.90. The molecule has 0 bridgehead atoms. The maximum atomic E-state index is 11.0. The molecule has 0 aliphatic heterocycles. The van der Waals surface area contributed by atoms with E-state index >= 15 is 0 Å². The summed E-state index contributed by atoms with van der Waals surface area (Å²) < 4.78 is 5.42. The van der Waals surface area contributed by atoms with E-state index in [2.05, 4.69) is 0 Å². The SMILES string of the molecule is O=C(O)c1cccc(Oc2ccccc2C(=O)O)c1. The molecule has 0 radical (unpaired) electrons. The second-order valence-corrected chi connectivity index (χ2v) is 3.74. The van der Waals surface area contributed by atoms with E-state index in [-0.39, 0.29) is 22.6 Å². The topological polar surface area (TPSA) is 83.8 Å². The van der Waals surface area contributed by atoms with Crippen molar-refractivity contribution < 1.29 is 24.5 Å². The smallest absolute Gasteiger partial charge is 0.339 e. The van der Waals surface area contributed by atoms with Gasteiger partial charge in [0.1, 0.15) is 17.1 Å². The number of hydrogen-bond acceptors (Lipinski definition) is 3.